The smallest absolute Gasteiger partial charge is 0.305 e. The number of hydrogen-bond acceptors (Lipinski definition) is 5. The maximum absolute atomic E-state index is 12.5. The summed E-state index contributed by atoms with van der Waals surface area (Å²) >= 11 is 0. The number of hydrogen-bond donors (Lipinski definition) is 3. The molecule has 0 heterocycles. The fraction of sp³-hybridized carbons (Fsp3) is 0.890. The summed E-state index contributed by atoms with van der Waals surface area (Å²) in [5.74, 6) is -0.0505. The topological polar surface area (TPSA) is 95.9 Å². The number of carbonyl (C=O) groups is 2. The first-order chi connectivity index (χ1) is 39.0. The highest BCUT2D eigenvalue weighted by atomic mass is 16.5. The van der Waals surface area contributed by atoms with E-state index in [1.54, 1.807) is 6.08 Å². The summed E-state index contributed by atoms with van der Waals surface area (Å²) in [5.41, 5.74) is 0. The molecule has 2 unspecified atom stereocenters. The van der Waals surface area contributed by atoms with Crippen LogP contribution >= 0.6 is 0 Å². The number of allylic oxidation sites excluding steroid dienone is 5. The quantitative estimate of drug-likeness (QED) is 0.0320. The number of aliphatic hydroxyl groups is 2. The van der Waals surface area contributed by atoms with Crippen LogP contribution in [-0.2, 0) is 14.3 Å². The molecule has 6 nitrogen and oxygen atoms in total. The highest BCUT2D eigenvalue weighted by Gasteiger charge is 2.18. The van der Waals surface area contributed by atoms with E-state index in [9.17, 15) is 19.8 Å². The zero-order valence-corrected chi connectivity index (χ0v) is 53.4. The molecule has 0 saturated heterocycles. The van der Waals surface area contributed by atoms with E-state index in [2.05, 4.69) is 43.5 Å². The van der Waals surface area contributed by atoms with Gasteiger partial charge in [0.05, 0.1) is 25.4 Å². The van der Waals surface area contributed by atoms with Gasteiger partial charge in [-0.3, -0.25) is 9.59 Å². The highest BCUT2D eigenvalue weighted by molar-refractivity contribution is 5.76. The zero-order valence-electron chi connectivity index (χ0n) is 53.4. The van der Waals surface area contributed by atoms with E-state index in [1.807, 2.05) is 6.08 Å². The van der Waals surface area contributed by atoms with E-state index < -0.39 is 12.1 Å². The molecular formula is C73H139NO5. The van der Waals surface area contributed by atoms with Gasteiger partial charge in [0.1, 0.15) is 0 Å². The predicted molar refractivity (Wildman–Crippen MR) is 347 cm³/mol. The molecule has 6 heteroatoms. The molecule has 0 aromatic carbocycles. The highest BCUT2D eigenvalue weighted by Crippen LogP contribution is 2.18. The van der Waals surface area contributed by atoms with Crippen LogP contribution in [-0.4, -0.2) is 47.4 Å². The van der Waals surface area contributed by atoms with E-state index in [4.69, 9.17) is 4.74 Å². The van der Waals surface area contributed by atoms with Gasteiger partial charge >= 0.3 is 5.97 Å². The molecule has 466 valence electrons. The summed E-state index contributed by atoms with van der Waals surface area (Å²) in [6.45, 7) is 4.93. The van der Waals surface area contributed by atoms with Gasteiger partial charge in [-0.25, -0.2) is 0 Å². The molecule has 79 heavy (non-hydrogen) atoms. The van der Waals surface area contributed by atoms with Crippen LogP contribution in [0.25, 0.3) is 0 Å². The molecule has 0 radical (unpaired) electrons. The number of aliphatic hydroxyl groups excluding tert-OH is 2. The zero-order chi connectivity index (χ0) is 57.1. The summed E-state index contributed by atoms with van der Waals surface area (Å²) in [6, 6.07) is -0.627. The second-order valence-corrected chi connectivity index (χ2v) is 24.6. The average molecular weight is 1110 g/mol. The average Bonchev–Trinajstić information content (AvgIpc) is 3.45. The fourth-order valence-corrected chi connectivity index (χ4v) is 11.2. The minimum Gasteiger partial charge on any atom is -0.466 e. The van der Waals surface area contributed by atoms with Crippen LogP contribution in [0.1, 0.15) is 393 Å². The first-order valence-corrected chi connectivity index (χ1v) is 35.8. The number of carbonyl (C=O) groups excluding carboxylic acids is 2. The molecule has 0 bridgehead atoms. The Morgan fingerprint density at radius 1 is 0.342 bits per heavy atom. The molecule has 0 aromatic heterocycles. The molecule has 3 N–H and O–H groups in total. The molecule has 0 aliphatic rings. The number of unbranched alkanes of at least 4 members (excludes halogenated alkanes) is 52. The number of nitrogens with one attached hydrogen (secondary N) is 1. The van der Waals surface area contributed by atoms with Crippen molar-refractivity contribution in [1.82, 2.24) is 5.32 Å². The van der Waals surface area contributed by atoms with Crippen molar-refractivity contribution in [3.63, 3.8) is 0 Å². The monoisotopic (exact) mass is 1110 g/mol. The number of ether oxygens (including phenoxy) is 1. The van der Waals surface area contributed by atoms with Gasteiger partial charge in [-0.05, 0) is 83.5 Å². The van der Waals surface area contributed by atoms with E-state index in [0.717, 1.165) is 44.9 Å². The molecule has 2 atom stereocenters. The molecule has 0 saturated carbocycles. The summed E-state index contributed by atoms with van der Waals surface area (Å²) in [6.07, 6.45) is 88.0. The van der Waals surface area contributed by atoms with Gasteiger partial charge in [0.15, 0.2) is 0 Å². The molecule has 0 aliphatic heterocycles. The van der Waals surface area contributed by atoms with E-state index in [1.165, 1.54) is 321 Å². The van der Waals surface area contributed by atoms with Crippen molar-refractivity contribution in [3.8, 4) is 0 Å². The lowest BCUT2D eigenvalue weighted by Crippen LogP contribution is -2.45. The second kappa shape index (κ2) is 68.6. The van der Waals surface area contributed by atoms with Crippen LogP contribution in [0, 0.1) is 0 Å². The maximum Gasteiger partial charge on any atom is 0.305 e. The lowest BCUT2D eigenvalue weighted by molar-refractivity contribution is -0.143. The van der Waals surface area contributed by atoms with Crippen LogP contribution in [0.4, 0.5) is 0 Å². The molecule has 1 amide bonds. The van der Waals surface area contributed by atoms with Gasteiger partial charge in [-0.2, -0.15) is 0 Å². The Balaban J connectivity index is 3.37. The molecular weight excluding hydrogens is 971 g/mol. The standard InChI is InChI=1S/C73H139NO5/c1-3-5-7-9-11-13-15-17-19-34-39-43-47-51-55-59-63-67-73(78)79-68-64-60-56-52-48-44-40-36-33-31-29-27-25-23-21-20-22-24-26-28-30-32-35-38-42-46-50-54-58-62-66-72(77)74-70(69-75)71(76)65-61-57-53-49-45-41-37-18-16-14-12-10-8-6-4-2/h17,19,21,23,61,65,70-71,75-76H,3-16,18,20,22,24-60,62-64,66-69H2,1-2H3,(H,74,77)/b19-17-,23-21-,65-61+. The Labute approximate surface area is 494 Å². The maximum atomic E-state index is 12.5. The number of amides is 1. The Hall–Kier alpha value is -1.92. The Morgan fingerprint density at radius 2 is 0.595 bits per heavy atom. The molecule has 0 fully saturated rings. The van der Waals surface area contributed by atoms with Gasteiger partial charge in [-0.1, -0.05) is 333 Å². The van der Waals surface area contributed by atoms with Crippen LogP contribution in [0.3, 0.4) is 0 Å². The van der Waals surface area contributed by atoms with Crippen molar-refractivity contribution < 1.29 is 24.5 Å². The van der Waals surface area contributed by atoms with Crippen molar-refractivity contribution in [2.75, 3.05) is 13.2 Å². The number of esters is 1. The second-order valence-electron chi connectivity index (χ2n) is 24.6. The van der Waals surface area contributed by atoms with E-state index in [-0.39, 0.29) is 18.5 Å². The van der Waals surface area contributed by atoms with Crippen molar-refractivity contribution in [1.29, 1.82) is 0 Å². The van der Waals surface area contributed by atoms with Crippen molar-refractivity contribution in [2.45, 2.75) is 405 Å². The van der Waals surface area contributed by atoms with Crippen LogP contribution in [0.5, 0.6) is 0 Å². The molecule has 0 rings (SSSR count). The first kappa shape index (κ1) is 77.1. The summed E-state index contributed by atoms with van der Waals surface area (Å²) in [5, 5.41) is 23.2. The first-order valence-electron chi connectivity index (χ1n) is 35.8. The Morgan fingerprint density at radius 3 is 0.899 bits per heavy atom. The largest absolute Gasteiger partial charge is 0.466 e. The van der Waals surface area contributed by atoms with Crippen molar-refractivity contribution in [2.24, 2.45) is 0 Å². The summed E-state index contributed by atoms with van der Waals surface area (Å²) < 4.78 is 5.50. The SMILES string of the molecule is CCCCCCCC/C=C\CCCCCCCCCC(=O)OCCCCCCCCCCCCCC/C=C\CCCCCCCCCCCCCCCCC(=O)NC(CO)C(O)/C=C/CCCCCCCCCCCCCCC. The van der Waals surface area contributed by atoms with E-state index in [0.29, 0.717) is 19.4 Å². The third kappa shape index (κ3) is 65.1. The third-order valence-electron chi connectivity index (χ3n) is 16.6. The fourth-order valence-electron chi connectivity index (χ4n) is 11.2. The summed E-state index contributed by atoms with van der Waals surface area (Å²) in [7, 11) is 0. The normalized spacial score (nSPS) is 12.7. The molecule has 0 aliphatic carbocycles. The van der Waals surface area contributed by atoms with Gasteiger partial charge in [0, 0.05) is 12.8 Å². The lowest BCUT2D eigenvalue weighted by Gasteiger charge is -2.20. The Kier molecular flexibility index (Phi) is 66.9. The van der Waals surface area contributed by atoms with Gasteiger partial charge in [-0.15, -0.1) is 0 Å². The minimum absolute atomic E-state index is 0.0139. The van der Waals surface area contributed by atoms with Crippen LogP contribution < -0.4 is 5.32 Å². The van der Waals surface area contributed by atoms with Gasteiger partial charge in [0.25, 0.3) is 0 Å². The Bertz CT molecular complexity index is 1280. The number of rotatable bonds is 67. The van der Waals surface area contributed by atoms with E-state index >= 15 is 0 Å². The summed E-state index contributed by atoms with van der Waals surface area (Å²) in [4.78, 5) is 24.6. The van der Waals surface area contributed by atoms with Crippen LogP contribution in [0.2, 0.25) is 0 Å². The molecule has 0 aromatic rings. The molecule has 0 spiro atoms. The van der Waals surface area contributed by atoms with Gasteiger partial charge < -0.3 is 20.3 Å². The van der Waals surface area contributed by atoms with Crippen LogP contribution in [0.15, 0.2) is 36.5 Å². The van der Waals surface area contributed by atoms with Crippen molar-refractivity contribution in [3.05, 3.63) is 36.5 Å². The van der Waals surface area contributed by atoms with Gasteiger partial charge in [0.2, 0.25) is 5.91 Å². The third-order valence-corrected chi connectivity index (χ3v) is 16.6. The van der Waals surface area contributed by atoms with Crippen molar-refractivity contribution >= 4 is 11.9 Å². The minimum atomic E-state index is -0.843. The lowest BCUT2D eigenvalue weighted by atomic mass is 10.0. The predicted octanol–water partition coefficient (Wildman–Crippen LogP) is 23.1.